The Kier molecular flexibility index (Phi) is 9.59. The number of rotatable bonds is 5. The first-order valence-corrected chi connectivity index (χ1v) is 7.03. The standard InChI is InChI=1S/C12H17NO2.C4H10/c1-3-6-11(15-9-4-2)10-7-5-8-12(14)13-10;1-4(2)3/h5-8H,3-4,9H2,1-2H3,(H,13,14);4H,1-3H3/b11-6+;. The van der Waals surface area contributed by atoms with Gasteiger partial charge in [-0.1, -0.05) is 40.7 Å². The summed E-state index contributed by atoms with van der Waals surface area (Å²) in [6.45, 7) is 11.3. The molecule has 1 N–H and O–H groups in total. The van der Waals surface area contributed by atoms with Crippen molar-refractivity contribution in [3.63, 3.8) is 0 Å². The van der Waals surface area contributed by atoms with Crippen LogP contribution in [0.2, 0.25) is 0 Å². The van der Waals surface area contributed by atoms with Crippen molar-refractivity contribution in [3.8, 4) is 0 Å². The molecular formula is C16H27NO2. The van der Waals surface area contributed by atoms with Gasteiger partial charge >= 0.3 is 0 Å². The van der Waals surface area contributed by atoms with Crippen molar-refractivity contribution >= 4 is 5.76 Å². The second kappa shape index (κ2) is 10.4. The van der Waals surface area contributed by atoms with Crippen molar-refractivity contribution in [2.75, 3.05) is 6.61 Å². The maximum absolute atomic E-state index is 11.1. The van der Waals surface area contributed by atoms with Gasteiger partial charge in [0.1, 0.15) is 5.76 Å². The van der Waals surface area contributed by atoms with Crippen molar-refractivity contribution in [2.45, 2.75) is 47.5 Å². The minimum Gasteiger partial charge on any atom is -0.492 e. The van der Waals surface area contributed by atoms with Gasteiger partial charge in [-0.15, -0.1) is 0 Å². The van der Waals surface area contributed by atoms with Gasteiger partial charge in [0.2, 0.25) is 5.56 Å². The lowest BCUT2D eigenvalue weighted by atomic mass is 10.2. The second-order valence-electron chi connectivity index (χ2n) is 4.99. The Morgan fingerprint density at radius 2 is 1.95 bits per heavy atom. The van der Waals surface area contributed by atoms with Gasteiger partial charge < -0.3 is 9.72 Å². The summed E-state index contributed by atoms with van der Waals surface area (Å²) in [5, 5.41) is 0. The van der Waals surface area contributed by atoms with E-state index in [2.05, 4.69) is 32.7 Å². The number of nitrogens with one attached hydrogen (secondary N) is 1. The molecule has 0 aliphatic rings. The third-order valence-corrected chi connectivity index (χ3v) is 1.89. The van der Waals surface area contributed by atoms with E-state index in [1.807, 2.05) is 19.1 Å². The Labute approximate surface area is 116 Å². The van der Waals surface area contributed by atoms with E-state index in [1.54, 1.807) is 6.07 Å². The summed E-state index contributed by atoms with van der Waals surface area (Å²) in [6.07, 6.45) is 3.81. The molecule has 1 heterocycles. The van der Waals surface area contributed by atoms with Crippen molar-refractivity contribution in [3.05, 3.63) is 40.3 Å². The third-order valence-electron chi connectivity index (χ3n) is 1.89. The molecular weight excluding hydrogens is 238 g/mol. The van der Waals surface area contributed by atoms with E-state index in [0.717, 1.165) is 30.2 Å². The molecule has 0 spiro atoms. The Balaban J connectivity index is 0.000000711. The first-order valence-electron chi connectivity index (χ1n) is 7.03. The van der Waals surface area contributed by atoms with Crippen LogP contribution in [0.4, 0.5) is 0 Å². The summed E-state index contributed by atoms with van der Waals surface area (Å²) in [4.78, 5) is 13.9. The summed E-state index contributed by atoms with van der Waals surface area (Å²) < 4.78 is 5.56. The Morgan fingerprint density at radius 1 is 1.32 bits per heavy atom. The highest BCUT2D eigenvalue weighted by molar-refractivity contribution is 5.55. The first kappa shape index (κ1) is 17.5. The van der Waals surface area contributed by atoms with E-state index in [9.17, 15) is 4.79 Å². The fourth-order valence-corrected chi connectivity index (χ4v) is 1.24. The van der Waals surface area contributed by atoms with E-state index in [4.69, 9.17) is 4.74 Å². The van der Waals surface area contributed by atoms with E-state index in [1.165, 1.54) is 6.07 Å². The molecule has 0 unspecified atom stereocenters. The number of aromatic amines is 1. The molecule has 0 aliphatic heterocycles. The van der Waals surface area contributed by atoms with E-state index in [0.29, 0.717) is 6.61 Å². The number of pyridine rings is 1. The molecule has 0 aliphatic carbocycles. The quantitative estimate of drug-likeness (QED) is 0.810. The molecule has 3 nitrogen and oxygen atoms in total. The average Bonchev–Trinajstić information content (AvgIpc) is 2.34. The predicted octanol–water partition coefficient (Wildman–Crippen LogP) is 4.21. The smallest absolute Gasteiger partial charge is 0.248 e. The van der Waals surface area contributed by atoms with Crippen LogP contribution in [-0.2, 0) is 4.74 Å². The molecule has 0 fully saturated rings. The van der Waals surface area contributed by atoms with Crippen molar-refractivity contribution in [1.82, 2.24) is 4.98 Å². The molecule has 0 saturated heterocycles. The zero-order chi connectivity index (χ0) is 14.7. The minimum absolute atomic E-state index is 0.102. The lowest BCUT2D eigenvalue weighted by molar-refractivity contribution is 0.275. The van der Waals surface area contributed by atoms with Crippen LogP contribution in [0.3, 0.4) is 0 Å². The SMILES string of the molecule is CC(C)C.CC/C=C(/OCCC)c1cccc(=O)[nH]1. The van der Waals surface area contributed by atoms with Crippen LogP contribution in [0.15, 0.2) is 29.1 Å². The number of hydrogen-bond donors (Lipinski definition) is 1. The lowest BCUT2D eigenvalue weighted by Crippen LogP contribution is -2.07. The van der Waals surface area contributed by atoms with E-state index in [-0.39, 0.29) is 5.56 Å². The van der Waals surface area contributed by atoms with Gasteiger partial charge in [0.05, 0.1) is 12.3 Å². The molecule has 0 amide bonds. The van der Waals surface area contributed by atoms with Gasteiger partial charge in [-0.05, 0) is 30.9 Å². The number of allylic oxidation sites excluding steroid dienone is 1. The normalized spacial score (nSPS) is 10.9. The Morgan fingerprint density at radius 3 is 2.42 bits per heavy atom. The minimum atomic E-state index is -0.102. The van der Waals surface area contributed by atoms with Crippen LogP contribution in [-0.4, -0.2) is 11.6 Å². The van der Waals surface area contributed by atoms with Crippen LogP contribution >= 0.6 is 0 Å². The zero-order valence-electron chi connectivity index (χ0n) is 12.8. The van der Waals surface area contributed by atoms with Crippen LogP contribution in [0, 0.1) is 5.92 Å². The van der Waals surface area contributed by atoms with Crippen LogP contribution in [0.1, 0.15) is 53.2 Å². The molecule has 1 aromatic heterocycles. The molecule has 0 bridgehead atoms. The van der Waals surface area contributed by atoms with Gasteiger partial charge in [0, 0.05) is 6.07 Å². The molecule has 3 heteroatoms. The van der Waals surface area contributed by atoms with Gasteiger partial charge in [-0.25, -0.2) is 0 Å². The molecule has 1 aromatic rings. The van der Waals surface area contributed by atoms with Crippen LogP contribution < -0.4 is 5.56 Å². The summed E-state index contributed by atoms with van der Waals surface area (Å²) in [6, 6.07) is 5.07. The van der Waals surface area contributed by atoms with E-state index < -0.39 is 0 Å². The van der Waals surface area contributed by atoms with Gasteiger partial charge in [0.15, 0.2) is 0 Å². The molecule has 19 heavy (non-hydrogen) atoms. The number of ether oxygens (including phenoxy) is 1. The monoisotopic (exact) mass is 265 g/mol. The van der Waals surface area contributed by atoms with Gasteiger partial charge in [-0.2, -0.15) is 0 Å². The van der Waals surface area contributed by atoms with E-state index >= 15 is 0 Å². The number of aromatic nitrogens is 1. The topological polar surface area (TPSA) is 42.1 Å². The highest BCUT2D eigenvalue weighted by atomic mass is 16.5. The number of hydrogen-bond acceptors (Lipinski definition) is 2. The highest BCUT2D eigenvalue weighted by Gasteiger charge is 2.02. The molecule has 108 valence electrons. The number of H-pyrrole nitrogens is 1. The van der Waals surface area contributed by atoms with Crippen LogP contribution in [0.25, 0.3) is 5.76 Å². The van der Waals surface area contributed by atoms with Crippen LogP contribution in [0.5, 0.6) is 0 Å². The fourth-order valence-electron chi connectivity index (χ4n) is 1.24. The Bertz CT molecular complexity index is 416. The average molecular weight is 265 g/mol. The van der Waals surface area contributed by atoms with Crippen molar-refractivity contribution in [1.29, 1.82) is 0 Å². The Hall–Kier alpha value is -1.51. The second-order valence-corrected chi connectivity index (χ2v) is 4.99. The molecule has 1 rings (SSSR count). The summed E-state index contributed by atoms with van der Waals surface area (Å²) in [5.41, 5.74) is 0.646. The largest absolute Gasteiger partial charge is 0.492 e. The van der Waals surface area contributed by atoms with Crippen molar-refractivity contribution < 1.29 is 4.74 Å². The lowest BCUT2D eigenvalue weighted by Gasteiger charge is -2.09. The fraction of sp³-hybridized carbons (Fsp3) is 0.562. The highest BCUT2D eigenvalue weighted by Crippen LogP contribution is 2.12. The van der Waals surface area contributed by atoms with Crippen molar-refractivity contribution in [2.24, 2.45) is 5.92 Å². The zero-order valence-corrected chi connectivity index (χ0v) is 12.8. The molecule has 0 saturated carbocycles. The summed E-state index contributed by atoms with van der Waals surface area (Å²) >= 11 is 0. The predicted molar refractivity (Wildman–Crippen MR) is 82.1 cm³/mol. The van der Waals surface area contributed by atoms with Gasteiger partial charge in [-0.3, -0.25) is 4.79 Å². The first-order chi connectivity index (χ1) is 9.01. The summed E-state index contributed by atoms with van der Waals surface area (Å²) in [5.74, 6) is 1.59. The molecule has 0 atom stereocenters. The third kappa shape index (κ3) is 9.11. The maximum atomic E-state index is 11.1. The molecule has 0 aromatic carbocycles. The summed E-state index contributed by atoms with van der Waals surface area (Å²) in [7, 11) is 0. The van der Waals surface area contributed by atoms with Gasteiger partial charge in [0.25, 0.3) is 0 Å². The molecule has 0 radical (unpaired) electrons. The maximum Gasteiger partial charge on any atom is 0.248 e.